The molecule has 0 spiro atoms. The molecule has 4 N–H and O–H groups in total. The predicted octanol–water partition coefficient (Wildman–Crippen LogP) is 4.46. The lowest BCUT2D eigenvalue weighted by Gasteiger charge is -2.28. The fourth-order valence-corrected chi connectivity index (χ4v) is 6.05. The summed E-state index contributed by atoms with van der Waals surface area (Å²) in [4.78, 5) is 18.7. The van der Waals surface area contributed by atoms with Gasteiger partial charge in [-0.3, -0.25) is 4.98 Å². The summed E-state index contributed by atoms with van der Waals surface area (Å²) < 4.78 is 6.75. The molecule has 1 fully saturated rings. The van der Waals surface area contributed by atoms with E-state index in [1.165, 1.54) is 0 Å². The minimum atomic E-state index is -1.06. The van der Waals surface area contributed by atoms with Crippen LogP contribution in [-0.4, -0.2) is 61.1 Å². The number of nitrogens with zero attached hydrogens (tertiary/aromatic N) is 4. The summed E-state index contributed by atoms with van der Waals surface area (Å²) in [5, 5.41) is 29.2. The summed E-state index contributed by atoms with van der Waals surface area (Å²) >= 11 is 1.57. The summed E-state index contributed by atoms with van der Waals surface area (Å²) in [6.07, 6.45) is 0.932. The number of fused-ring (bicyclic) bond motifs is 1. The number of aryl methyl sites for hydroxylation is 2. The lowest BCUT2D eigenvalue weighted by molar-refractivity contribution is -0.0696. The Morgan fingerprint density at radius 1 is 1.08 bits per heavy atom. The zero-order chi connectivity index (χ0) is 26.3. The smallest absolute Gasteiger partial charge is 0.229 e. The molecule has 4 atom stereocenters. The molecule has 0 aliphatic heterocycles. The van der Waals surface area contributed by atoms with Crippen molar-refractivity contribution in [1.29, 1.82) is 0 Å². The summed E-state index contributed by atoms with van der Waals surface area (Å²) in [6.45, 7) is 7.32. The monoisotopic (exact) mass is 520 g/mol. The van der Waals surface area contributed by atoms with Crippen LogP contribution in [0.4, 0.5) is 17.5 Å². The molecule has 0 radical (unpaired) electrons. The summed E-state index contributed by atoms with van der Waals surface area (Å²) in [5.74, 6) is 0.640. The molecular weight excluding hydrogens is 488 g/mol. The molecule has 1 saturated carbocycles. The third-order valence-corrected chi connectivity index (χ3v) is 7.88. The first-order valence-electron chi connectivity index (χ1n) is 12.3. The second kappa shape index (κ2) is 9.94. The van der Waals surface area contributed by atoms with Crippen LogP contribution in [0, 0.1) is 19.8 Å². The highest BCUT2D eigenvalue weighted by Gasteiger charge is 2.48. The van der Waals surface area contributed by atoms with Crippen molar-refractivity contribution in [2.75, 3.05) is 17.7 Å². The van der Waals surface area contributed by atoms with E-state index >= 15 is 0 Å². The molecule has 0 bridgehead atoms. The molecule has 0 amide bonds. The highest BCUT2D eigenvalue weighted by molar-refractivity contribution is 7.21. The zero-order valence-corrected chi connectivity index (χ0v) is 22.4. The van der Waals surface area contributed by atoms with Crippen LogP contribution in [0.15, 0.2) is 42.6 Å². The highest BCUT2D eigenvalue weighted by Crippen LogP contribution is 2.40. The van der Waals surface area contributed by atoms with E-state index in [0.717, 1.165) is 37.9 Å². The van der Waals surface area contributed by atoms with Gasteiger partial charge in [-0.25, -0.2) is 9.97 Å². The number of anilines is 3. The zero-order valence-electron chi connectivity index (χ0n) is 21.6. The molecule has 4 aromatic rings. The van der Waals surface area contributed by atoms with Crippen molar-refractivity contribution in [3.8, 4) is 10.6 Å². The first kappa shape index (κ1) is 25.5. The van der Waals surface area contributed by atoms with Crippen LogP contribution >= 0.6 is 11.3 Å². The molecule has 1 aliphatic carbocycles. The normalized spacial score (nSPS) is 21.9. The maximum Gasteiger partial charge on any atom is 0.229 e. The van der Waals surface area contributed by atoms with Gasteiger partial charge in [-0.1, -0.05) is 12.1 Å². The third kappa shape index (κ3) is 5.28. The number of nitrogens with one attached hydrogen (secondary N) is 2. The lowest BCUT2D eigenvalue weighted by atomic mass is 9.88. The standard InChI is InChI=1S/C27H32N6O3S/c1-14-10-16(11-15(2)29-14)30-26-28-13-17(25-32-19-8-6-7-9-21(19)37-25)24(33-26)31-20-12-18(27(3,4)35)22(34)23(20)36-5/h6-11,13,18,20,22-23,34-35H,12H2,1-5H3,(H2,28,29,30,31,33)/t18-,20?,22+,23-/m0/s1. The number of aliphatic hydroxyl groups is 2. The molecule has 194 valence electrons. The van der Waals surface area contributed by atoms with Crippen molar-refractivity contribution in [3.05, 3.63) is 54.0 Å². The molecule has 1 unspecified atom stereocenters. The van der Waals surface area contributed by atoms with E-state index in [0.29, 0.717) is 18.2 Å². The van der Waals surface area contributed by atoms with Crippen molar-refractivity contribution in [2.45, 2.75) is 58.0 Å². The minimum Gasteiger partial charge on any atom is -0.390 e. The maximum absolute atomic E-state index is 10.9. The van der Waals surface area contributed by atoms with Crippen molar-refractivity contribution in [1.82, 2.24) is 19.9 Å². The van der Waals surface area contributed by atoms with Crippen molar-refractivity contribution in [2.24, 2.45) is 5.92 Å². The van der Waals surface area contributed by atoms with E-state index in [4.69, 9.17) is 14.7 Å². The Labute approximate surface area is 220 Å². The van der Waals surface area contributed by atoms with Gasteiger partial charge in [0.1, 0.15) is 16.9 Å². The number of rotatable bonds is 7. The Kier molecular flexibility index (Phi) is 6.84. The molecule has 9 nitrogen and oxygen atoms in total. The number of hydrogen-bond acceptors (Lipinski definition) is 10. The number of hydrogen-bond donors (Lipinski definition) is 4. The van der Waals surface area contributed by atoms with Crippen LogP contribution in [0.3, 0.4) is 0 Å². The van der Waals surface area contributed by atoms with Crippen LogP contribution in [0.2, 0.25) is 0 Å². The average molecular weight is 521 g/mol. The number of aliphatic hydroxyl groups excluding tert-OH is 1. The molecule has 1 aromatic carbocycles. The Balaban J connectivity index is 1.54. The van der Waals surface area contributed by atoms with Gasteiger partial charge in [0, 0.05) is 36.3 Å². The van der Waals surface area contributed by atoms with Crippen LogP contribution in [0.1, 0.15) is 31.7 Å². The Hall–Kier alpha value is -3.18. The number of benzene rings is 1. The average Bonchev–Trinajstić information content (AvgIpc) is 3.39. The van der Waals surface area contributed by atoms with E-state index in [9.17, 15) is 10.2 Å². The van der Waals surface area contributed by atoms with Gasteiger partial charge in [0.25, 0.3) is 0 Å². The quantitative estimate of drug-likeness (QED) is 0.279. The van der Waals surface area contributed by atoms with Gasteiger partial charge in [0.05, 0.1) is 33.5 Å². The number of aromatic nitrogens is 4. The number of para-hydroxylation sites is 1. The second-order valence-corrected chi connectivity index (χ2v) is 11.2. The summed E-state index contributed by atoms with van der Waals surface area (Å²) in [5.41, 5.74) is 3.24. The molecule has 3 aromatic heterocycles. The molecule has 3 heterocycles. The van der Waals surface area contributed by atoms with E-state index in [2.05, 4.69) is 20.6 Å². The molecule has 1 aliphatic rings. The van der Waals surface area contributed by atoms with E-state index in [-0.39, 0.29) is 12.0 Å². The molecule has 37 heavy (non-hydrogen) atoms. The number of methoxy groups -OCH3 is 1. The fourth-order valence-electron chi connectivity index (χ4n) is 5.07. The van der Waals surface area contributed by atoms with Gasteiger partial charge in [0.2, 0.25) is 5.95 Å². The van der Waals surface area contributed by atoms with Gasteiger partial charge in [0.15, 0.2) is 0 Å². The number of pyridine rings is 1. The molecule has 5 rings (SSSR count). The van der Waals surface area contributed by atoms with Gasteiger partial charge >= 0.3 is 0 Å². The maximum atomic E-state index is 10.9. The van der Waals surface area contributed by atoms with Crippen molar-refractivity contribution >= 4 is 39.0 Å². The van der Waals surface area contributed by atoms with Crippen molar-refractivity contribution in [3.63, 3.8) is 0 Å². The Morgan fingerprint density at radius 3 is 2.49 bits per heavy atom. The first-order chi connectivity index (χ1) is 17.6. The number of thiazole rings is 1. The van der Waals surface area contributed by atoms with Crippen molar-refractivity contribution < 1.29 is 14.9 Å². The van der Waals surface area contributed by atoms with Crippen LogP contribution in [-0.2, 0) is 4.74 Å². The SMILES string of the molecule is CO[C@H]1C(Nc2nc(Nc3cc(C)nc(C)c3)ncc2-c2nc3ccccc3s2)C[C@H](C(C)(C)O)[C@H]1O. The fraction of sp³-hybridized carbons (Fsp3) is 0.407. The third-order valence-electron chi connectivity index (χ3n) is 6.81. The molecular formula is C27H32N6O3S. The molecule has 0 saturated heterocycles. The van der Waals surface area contributed by atoms with Gasteiger partial charge in [-0.15, -0.1) is 11.3 Å². The first-order valence-corrected chi connectivity index (χ1v) is 13.1. The van der Waals surface area contributed by atoms with E-state index < -0.39 is 17.8 Å². The van der Waals surface area contributed by atoms with Crippen LogP contribution in [0.25, 0.3) is 20.8 Å². The highest BCUT2D eigenvalue weighted by atomic mass is 32.1. The van der Waals surface area contributed by atoms with Gasteiger partial charge in [-0.05, 0) is 58.4 Å². The van der Waals surface area contributed by atoms with E-state index in [1.807, 2.05) is 50.2 Å². The Morgan fingerprint density at radius 2 is 1.81 bits per heavy atom. The number of ether oxygens (including phenoxy) is 1. The summed E-state index contributed by atoms with van der Waals surface area (Å²) in [6, 6.07) is 11.6. The summed E-state index contributed by atoms with van der Waals surface area (Å²) in [7, 11) is 1.57. The Bertz CT molecular complexity index is 1370. The van der Waals surface area contributed by atoms with E-state index in [1.54, 1.807) is 38.5 Å². The van der Waals surface area contributed by atoms with Crippen LogP contribution in [0.5, 0.6) is 0 Å². The largest absolute Gasteiger partial charge is 0.390 e. The second-order valence-electron chi connectivity index (χ2n) is 10.1. The lowest BCUT2D eigenvalue weighted by Crippen LogP contribution is -2.41. The molecule has 10 heteroatoms. The predicted molar refractivity (Wildman–Crippen MR) is 146 cm³/mol. The van der Waals surface area contributed by atoms with Crippen LogP contribution < -0.4 is 10.6 Å². The van der Waals surface area contributed by atoms with Gasteiger partial charge < -0.3 is 25.6 Å². The minimum absolute atomic E-state index is 0.280. The van der Waals surface area contributed by atoms with Gasteiger partial charge in [-0.2, -0.15) is 4.98 Å². The topological polar surface area (TPSA) is 125 Å².